The minimum absolute atomic E-state index is 0.0295. The first-order chi connectivity index (χ1) is 16.5. The number of pyridine rings is 1. The highest BCUT2D eigenvalue weighted by Crippen LogP contribution is 2.36. The fourth-order valence-corrected chi connectivity index (χ4v) is 4.92. The van der Waals surface area contributed by atoms with E-state index in [1.54, 1.807) is 48.5 Å². The van der Waals surface area contributed by atoms with Crippen molar-refractivity contribution in [3.8, 4) is 17.2 Å². The standard InChI is InChI=1S/C27H23N3O4S/c1-27(2,3)18-7-9-19(10-8-18)35(33,34)30-24-13-6-17(16-28)15-23(24)20-11-12-22(26(31)32)25-21(20)5-4-14-29-25/h4-15,30H,1-3H3,(H,31,32). The van der Waals surface area contributed by atoms with E-state index in [0.717, 1.165) is 5.56 Å². The molecule has 0 fully saturated rings. The lowest BCUT2D eigenvalue weighted by atomic mass is 9.87. The van der Waals surface area contributed by atoms with Crippen LogP contribution in [-0.2, 0) is 15.4 Å². The molecule has 2 N–H and O–H groups in total. The Bertz CT molecular complexity index is 1600. The normalized spacial score (nSPS) is 11.7. The number of sulfonamides is 1. The Hall–Kier alpha value is -4.22. The molecule has 0 saturated heterocycles. The fourth-order valence-electron chi connectivity index (χ4n) is 3.84. The van der Waals surface area contributed by atoms with Crippen molar-refractivity contribution in [2.24, 2.45) is 0 Å². The molecule has 0 bridgehead atoms. The second-order valence-electron chi connectivity index (χ2n) is 9.12. The molecule has 0 aliphatic carbocycles. The van der Waals surface area contributed by atoms with E-state index in [4.69, 9.17) is 0 Å². The fraction of sp³-hybridized carbons (Fsp3) is 0.148. The number of fused-ring (bicyclic) bond motifs is 1. The summed E-state index contributed by atoms with van der Waals surface area (Å²) >= 11 is 0. The quantitative estimate of drug-likeness (QED) is 0.381. The molecule has 0 saturated carbocycles. The molecule has 0 amide bonds. The van der Waals surface area contributed by atoms with E-state index >= 15 is 0 Å². The van der Waals surface area contributed by atoms with Crippen LogP contribution >= 0.6 is 0 Å². The summed E-state index contributed by atoms with van der Waals surface area (Å²) in [6.07, 6.45) is 1.50. The van der Waals surface area contributed by atoms with Gasteiger partial charge in [0, 0.05) is 17.1 Å². The Morgan fingerprint density at radius 1 is 1.00 bits per heavy atom. The van der Waals surface area contributed by atoms with E-state index in [0.29, 0.717) is 22.1 Å². The van der Waals surface area contributed by atoms with E-state index in [1.807, 2.05) is 20.8 Å². The van der Waals surface area contributed by atoms with Crippen molar-refractivity contribution in [2.75, 3.05) is 4.72 Å². The molecule has 0 aliphatic rings. The van der Waals surface area contributed by atoms with Crippen LogP contribution in [0.3, 0.4) is 0 Å². The van der Waals surface area contributed by atoms with Gasteiger partial charge < -0.3 is 5.11 Å². The van der Waals surface area contributed by atoms with E-state index < -0.39 is 16.0 Å². The zero-order valence-corrected chi connectivity index (χ0v) is 20.2. The minimum atomic E-state index is -3.94. The van der Waals surface area contributed by atoms with Crippen LogP contribution in [0.25, 0.3) is 22.0 Å². The predicted molar refractivity (Wildman–Crippen MR) is 135 cm³/mol. The number of rotatable bonds is 5. The van der Waals surface area contributed by atoms with Crippen LogP contribution in [0.15, 0.2) is 77.8 Å². The van der Waals surface area contributed by atoms with Crippen molar-refractivity contribution >= 4 is 32.6 Å². The smallest absolute Gasteiger partial charge is 0.337 e. The maximum absolute atomic E-state index is 13.2. The highest BCUT2D eigenvalue weighted by Gasteiger charge is 2.21. The molecule has 0 atom stereocenters. The van der Waals surface area contributed by atoms with Crippen LogP contribution in [0.1, 0.15) is 42.3 Å². The molecule has 1 heterocycles. The molecule has 176 valence electrons. The largest absolute Gasteiger partial charge is 0.478 e. The lowest BCUT2D eigenvalue weighted by Crippen LogP contribution is -2.15. The van der Waals surface area contributed by atoms with Gasteiger partial charge in [0.05, 0.1) is 33.3 Å². The first-order valence-corrected chi connectivity index (χ1v) is 12.3. The monoisotopic (exact) mass is 485 g/mol. The molecule has 0 aliphatic heterocycles. The minimum Gasteiger partial charge on any atom is -0.478 e. The lowest BCUT2D eigenvalue weighted by molar-refractivity contribution is 0.0699. The second kappa shape index (κ2) is 8.85. The summed E-state index contributed by atoms with van der Waals surface area (Å²) in [5.41, 5.74) is 2.77. The molecule has 1 aromatic heterocycles. The lowest BCUT2D eigenvalue weighted by Gasteiger charge is -2.19. The maximum Gasteiger partial charge on any atom is 0.337 e. The van der Waals surface area contributed by atoms with Crippen molar-refractivity contribution in [3.05, 3.63) is 89.6 Å². The summed E-state index contributed by atoms with van der Waals surface area (Å²) in [4.78, 5) is 16.0. The average Bonchev–Trinajstić information content (AvgIpc) is 2.83. The second-order valence-corrected chi connectivity index (χ2v) is 10.8. The molecule has 0 spiro atoms. The predicted octanol–water partition coefficient (Wildman–Crippen LogP) is 5.57. The summed E-state index contributed by atoms with van der Waals surface area (Å²) in [6.45, 7) is 6.14. The molecule has 4 rings (SSSR count). The Kier molecular flexibility index (Phi) is 6.05. The summed E-state index contributed by atoms with van der Waals surface area (Å²) in [6, 6.07) is 19.8. The molecular weight excluding hydrogens is 462 g/mol. The number of carbonyl (C=O) groups is 1. The number of nitrogens with zero attached hydrogens (tertiary/aromatic N) is 2. The molecule has 4 aromatic rings. The van der Waals surface area contributed by atoms with Crippen LogP contribution in [0.2, 0.25) is 0 Å². The van der Waals surface area contributed by atoms with Crippen LogP contribution in [0.4, 0.5) is 5.69 Å². The molecular formula is C27H23N3O4S. The Morgan fingerprint density at radius 2 is 1.71 bits per heavy atom. The maximum atomic E-state index is 13.2. The number of anilines is 1. The summed E-state index contributed by atoms with van der Waals surface area (Å²) in [5, 5.41) is 19.5. The van der Waals surface area contributed by atoms with Crippen molar-refractivity contribution in [1.29, 1.82) is 5.26 Å². The van der Waals surface area contributed by atoms with Crippen molar-refractivity contribution in [2.45, 2.75) is 31.1 Å². The highest BCUT2D eigenvalue weighted by atomic mass is 32.2. The van der Waals surface area contributed by atoms with Gasteiger partial charge in [-0.25, -0.2) is 13.2 Å². The van der Waals surface area contributed by atoms with Gasteiger partial charge in [0.1, 0.15) is 0 Å². The van der Waals surface area contributed by atoms with Crippen LogP contribution in [0.5, 0.6) is 0 Å². The first-order valence-electron chi connectivity index (χ1n) is 10.8. The third-order valence-corrected chi connectivity index (χ3v) is 7.10. The van der Waals surface area contributed by atoms with Crippen LogP contribution in [-0.4, -0.2) is 24.5 Å². The molecule has 0 radical (unpaired) electrons. The number of aromatic nitrogens is 1. The van der Waals surface area contributed by atoms with Crippen molar-refractivity contribution < 1.29 is 18.3 Å². The van der Waals surface area contributed by atoms with Crippen LogP contribution < -0.4 is 4.72 Å². The molecule has 3 aromatic carbocycles. The number of carboxylic acids is 1. The SMILES string of the molecule is CC(C)(C)c1ccc(S(=O)(=O)Nc2ccc(C#N)cc2-c2ccc(C(=O)O)c3ncccc23)cc1. The molecule has 35 heavy (non-hydrogen) atoms. The average molecular weight is 486 g/mol. The van der Waals surface area contributed by atoms with Gasteiger partial charge in [-0.05, 0) is 59.0 Å². The highest BCUT2D eigenvalue weighted by molar-refractivity contribution is 7.92. The zero-order chi connectivity index (χ0) is 25.4. The van der Waals surface area contributed by atoms with Crippen LogP contribution in [0, 0.1) is 11.3 Å². The number of nitriles is 1. The van der Waals surface area contributed by atoms with Gasteiger partial charge in [-0.3, -0.25) is 9.71 Å². The van der Waals surface area contributed by atoms with Gasteiger partial charge in [-0.2, -0.15) is 5.26 Å². The number of hydrogen-bond acceptors (Lipinski definition) is 5. The third kappa shape index (κ3) is 4.72. The number of aromatic carboxylic acids is 1. The zero-order valence-electron chi connectivity index (χ0n) is 19.4. The Balaban J connectivity index is 1.85. The topological polar surface area (TPSA) is 120 Å². The third-order valence-electron chi connectivity index (χ3n) is 5.71. The van der Waals surface area contributed by atoms with Crippen molar-refractivity contribution in [3.63, 3.8) is 0 Å². The van der Waals surface area contributed by atoms with Gasteiger partial charge in [0.25, 0.3) is 10.0 Å². The number of nitrogens with one attached hydrogen (secondary N) is 1. The van der Waals surface area contributed by atoms with Crippen molar-refractivity contribution in [1.82, 2.24) is 4.98 Å². The van der Waals surface area contributed by atoms with Gasteiger partial charge in [0.15, 0.2) is 0 Å². The Morgan fingerprint density at radius 3 is 2.34 bits per heavy atom. The summed E-state index contributed by atoms with van der Waals surface area (Å²) < 4.78 is 29.1. The van der Waals surface area contributed by atoms with E-state index in [-0.39, 0.29) is 27.1 Å². The van der Waals surface area contributed by atoms with Gasteiger partial charge in [-0.15, -0.1) is 0 Å². The van der Waals surface area contributed by atoms with Gasteiger partial charge >= 0.3 is 5.97 Å². The summed E-state index contributed by atoms with van der Waals surface area (Å²) in [7, 11) is -3.94. The van der Waals surface area contributed by atoms with E-state index in [1.165, 1.54) is 24.4 Å². The number of carboxylic acid groups (broad SMARTS) is 1. The Labute approximate surface area is 203 Å². The number of benzene rings is 3. The van der Waals surface area contributed by atoms with E-state index in [2.05, 4.69) is 15.8 Å². The molecule has 0 unspecified atom stereocenters. The molecule has 8 heteroatoms. The summed E-state index contributed by atoms with van der Waals surface area (Å²) in [5.74, 6) is -1.12. The molecule has 7 nitrogen and oxygen atoms in total. The van der Waals surface area contributed by atoms with E-state index in [9.17, 15) is 23.6 Å². The number of hydrogen-bond donors (Lipinski definition) is 2. The first kappa shape index (κ1) is 23.9. The van der Waals surface area contributed by atoms with Gasteiger partial charge in [0.2, 0.25) is 0 Å². The van der Waals surface area contributed by atoms with Gasteiger partial charge in [-0.1, -0.05) is 45.0 Å².